The summed E-state index contributed by atoms with van der Waals surface area (Å²) in [5, 5.41) is 9.02. The van der Waals surface area contributed by atoms with Crippen molar-refractivity contribution in [3.05, 3.63) is 47.0 Å². The topological polar surface area (TPSA) is 64.4 Å². The molecule has 0 aliphatic heterocycles. The van der Waals surface area contributed by atoms with E-state index in [1.54, 1.807) is 24.7 Å². The van der Waals surface area contributed by atoms with E-state index in [9.17, 15) is 4.79 Å². The lowest BCUT2D eigenvalue weighted by Gasteiger charge is -2.13. The van der Waals surface area contributed by atoms with Crippen molar-refractivity contribution in [2.24, 2.45) is 0 Å². The van der Waals surface area contributed by atoms with Crippen molar-refractivity contribution in [2.75, 3.05) is 0 Å². The highest BCUT2D eigenvalue weighted by Gasteiger charge is 2.11. The highest BCUT2D eigenvalue weighted by Crippen LogP contribution is 2.25. The summed E-state index contributed by atoms with van der Waals surface area (Å²) in [4.78, 5) is 15.1. The zero-order valence-electron chi connectivity index (χ0n) is 11.9. The summed E-state index contributed by atoms with van der Waals surface area (Å²) in [5.41, 5.74) is 2.93. The molecule has 1 aromatic carbocycles. The molecular formula is C15H18N2O3. The molecule has 0 fully saturated rings. The maximum atomic E-state index is 11.0. The van der Waals surface area contributed by atoms with Gasteiger partial charge in [-0.05, 0) is 44.0 Å². The fourth-order valence-corrected chi connectivity index (χ4v) is 2.20. The summed E-state index contributed by atoms with van der Waals surface area (Å²) < 4.78 is 7.85. The summed E-state index contributed by atoms with van der Waals surface area (Å²) in [7, 11) is 0. The molecule has 1 aromatic heterocycles. The molecule has 20 heavy (non-hydrogen) atoms. The molecule has 2 aromatic rings. The number of imidazole rings is 1. The minimum absolute atomic E-state index is 0.283. The smallest absolute Gasteiger partial charge is 0.335 e. The zero-order valence-corrected chi connectivity index (χ0v) is 11.9. The number of benzene rings is 1. The van der Waals surface area contributed by atoms with Gasteiger partial charge in [0.2, 0.25) is 0 Å². The van der Waals surface area contributed by atoms with Gasteiger partial charge < -0.3 is 14.4 Å². The SMILES string of the molecule is CCn1cncc1COc1c(C)cc(C(=O)O)cc1C. The van der Waals surface area contributed by atoms with Gasteiger partial charge in [-0.3, -0.25) is 0 Å². The number of carboxylic acid groups (broad SMARTS) is 1. The van der Waals surface area contributed by atoms with Gasteiger partial charge in [-0.15, -0.1) is 0 Å². The fourth-order valence-electron chi connectivity index (χ4n) is 2.20. The number of carboxylic acids is 1. The predicted molar refractivity (Wildman–Crippen MR) is 75.1 cm³/mol. The highest BCUT2D eigenvalue weighted by atomic mass is 16.5. The van der Waals surface area contributed by atoms with E-state index in [0.29, 0.717) is 6.61 Å². The number of aromatic nitrogens is 2. The number of ether oxygens (including phenoxy) is 1. The molecule has 106 valence electrons. The van der Waals surface area contributed by atoms with Crippen LogP contribution >= 0.6 is 0 Å². The zero-order chi connectivity index (χ0) is 14.7. The van der Waals surface area contributed by atoms with Crippen molar-refractivity contribution in [3.8, 4) is 5.75 Å². The second-order valence-corrected chi connectivity index (χ2v) is 4.70. The average molecular weight is 274 g/mol. The third-order valence-corrected chi connectivity index (χ3v) is 3.21. The van der Waals surface area contributed by atoms with E-state index in [4.69, 9.17) is 9.84 Å². The van der Waals surface area contributed by atoms with Crippen molar-refractivity contribution in [1.82, 2.24) is 9.55 Å². The Morgan fingerprint density at radius 3 is 2.55 bits per heavy atom. The van der Waals surface area contributed by atoms with Crippen LogP contribution in [0.25, 0.3) is 0 Å². The molecule has 0 atom stereocenters. The molecule has 0 radical (unpaired) electrons. The van der Waals surface area contributed by atoms with Gasteiger partial charge in [0.1, 0.15) is 12.4 Å². The first-order chi connectivity index (χ1) is 9.52. The van der Waals surface area contributed by atoms with Crippen LogP contribution in [-0.2, 0) is 13.2 Å². The Kier molecular flexibility index (Phi) is 4.08. The Morgan fingerprint density at radius 1 is 1.35 bits per heavy atom. The van der Waals surface area contributed by atoms with Crippen LogP contribution in [0.3, 0.4) is 0 Å². The Labute approximate surface area is 117 Å². The highest BCUT2D eigenvalue weighted by molar-refractivity contribution is 5.88. The molecule has 0 spiro atoms. The van der Waals surface area contributed by atoms with E-state index in [-0.39, 0.29) is 5.56 Å². The van der Waals surface area contributed by atoms with E-state index in [0.717, 1.165) is 29.1 Å². The summed E-state index contributed by atoms with van der Waals surface area (Å²) in [5.74, 6) is -0.189. The molecule has 1 heterocycles. The lowest BCUT2D eigenvalue weighted by molar-refractivity contribution is 0.0696. The van der Waals surface area contributed by atoms with Gasteiger partial charge in [0.25, 0.3) is 0 Å². The van der Waals surface area contributed by atoms with Crippen LogP contribution in [0.5, 0.6) is 5.75 Å². The van der Waals surface area contributed by atoms with Crippen LogP contribution in [0.15, 0.2) is 24.7 Å². The van der Waals surface area contributed by atoms with E-state index in [1.807, 2.05) is 25.3 Å². The molecule has 0 unspecified atom stereocenters. The second-order valence-electron chi connectivity index (χ2n) is 4.70. The quantitative estimate of drug-likeness (QED) is 0.910. The lowest BCUT2D eigenvalue weighted by Crippen LogP contribution is -2.06. The first kappa shape index (κ1) is 14.1. The first-order valence-electron chi connectivity index (χ1n) is 6.49. The maximum absolute atomic E-state index is 11.0. The first-order valence-corrected chi connectivity index (χ1v) is 6.49. The molecule has 0 aliphatic rings. The Hall–Kier alpha value is -2.30. The van der Waals surface area contributed by atoms with E-state index >= 15 is 0 Å². The van der Waals surface area contributed by atoms with Crippen molar-refractivity contribution in [3.63, 3.8) is 0 Å². The van der Waals surface area contributed by atoms with Crippen molar-refractivity contribution in [1.29, 1.82) is 0 Å². The summed E-state index contributed by atoms with van der Waals surface area (Å²) in [6, 6.07) is 3.25. The standard InChI is InChI=1S/C15H18N2O3/c1-4-17-9-16-7-13(17)8-20-14-10(2)5-12(15(18)19)6-11(14)3/h5-7,9H,4,8H2,1-3H3,(H,18,19). The van der Waals surface area contributed by atoms with Crippen LogP contribution < -0.4 is 4.74 Å². The van der Waals surface area contributed by atoms with Crippen LogP contribution in [0, 0.1) is 13.8 Å². The second kappa shape index (κ2) is 5.77. The van der Waals surface area contributed by atoms with Gasteiger partial charge in [0.15, 0.2) is 0 Å². The monoisotopic (exact) mass is 274 g/mol. The van der Waals surface area contributed by atoms with Gasteiger partial charge in [-0.25, -0.2) is 9.78 Å². The van der Waals surface area contributed by atoms with Gasteiger partial charge in [-0.2, -0.15) is 0 Å². The fraction of sp³-hybridized carbons (Fsp3) is 0.333. The van der Waals surface area contributed by atoms with E-state index in [2.05, 4.69) is 4.98 Å². The number of hydrogen-bond donors (Lipinski definition) is 1. The van der Waals surface area contributed by atoms with Crippen LogP contribution in [0.4, 0.5) is 0 Å². The third-order valence-electron chi connectivity index (χ3n) is 3.21. The number of nitrogens with zero attached hydrogens (tertiary/aromatic N) is 2. The third kappa shape index (κ3) is 2.82. The Bertz CT molecular complexity index is 609. The number of rotatable bonds is 5. The largest absolute Gasteiger partial charge is 0.487 e. The average Bonchev–Trinajstić information content (AvgIpc) is 2.84. The van der Waals surface area contributed by atoms with Crippen LogP contribution in [0.1, 0.15) is 34.1 Å². The molecule has 0 amide bonds. The van der Waals surface area contributed by atoms with Crippen LogP contribution in [-0.4, -0.2) is 20.6 Å². The molecule has 5 nitrogen and oxygen atoms in total. The maximum Gasteiger partial charge on any atom is 0.335 e. The molecule has 2 rings (SSSR count). The number of aryl methyl sites for hydroxylation is 3. The summed E-state index contributed by atoms with van der Waals surface area (Å²) in [6.45, 7) is 7.01. The van der Waals surface area contributed by atoms with Crippen molar-refractivity contribution in [2.45, 2.75) is 33.9 Å². The summed E-state index contributed by atoms with van der Waals surface area (Å²) >= 11 is 0. The normalized spacial score (nSPS) is 10.6. The number of carbonyl (C=O) groups is 1. The lowest BCUT2D eigenvalue weighted by atomic mass is 10.1. The molecule has 5 heteroatoms. The van der Waals surface area contributed by atoms with Gasteiger partial charge in [0.05, 0.1) is 23.8 Å². The van der Waals surface area contributed by atoms with Crippen molar-refractivity contribution >= 4 is 5.97 Å². The Balaban J connectivity index is 2.20. The van der Waals surface area contributed by atoms with E-state index in [1.165, 1.54) is 0 Å². The molecule has 0 saturated heterocycles. The molecule has 0 bridgehead atoms. The number of hydrogen-bond acceptors (Lipinski definition) is 3. The molecule has 1 N–H and O–H groups in total. The molecule has 0 saturated carbocycles. The molecular weight excluding hydrogens is 256 g/mol. The predicted octanol–water partition coefficient (Wildman–Crippen LogP) is 2.80. The minimum Gasteiger partial charge on any atom is -0.487 e. The molecule has 0 aliphatic carbocycles. The van der Waals surface area contributed by atoms with Crippen molar-refractivity contribution < 1.29 is 14.6 Å². The van der Waals surface area contributed by atoms with Gasteiger partial charge in [-0.1, -0.05) is 0 Å². The minimum atomic E-state index is -0.924. The Morgan fingerprint density at radius 2 is 2.00 bits per heavy atom. The number of aromatic carboxylic acids is 1. The van der Waals surface area contributed by atoms with Gasteiger partial charge >= 0.3 is 5.97 Å². The van der Waals surface area contributed by atoms with E-state index < -0.39 is 5.97 Å². The van der Waals surface area contributed by atoms with Crippen LogP contribution in [0.2, 0.25) is 0 Å². The van der Waals surface area contributed by atoms with Gasteiger partial charge in [0, 0.05) is 6.54 Å². The summed E-state index contributed by atoms with van der Waals surface area (Å²) in [6.07, 6.45) is 3.55.